The van der Waals surface area contributed by atoms with Gasteiger partial charge in [0.15, 0.2) is 0 Å². The van der Waals surface area contributed by atoms with Crippen molar-refractivity contribution in [3.05, 3.63) is 0 Å². The Labute approximate surface area is 86.1 Å². The summed E-state index contributed by atoms with van der Waals surface area (Å²) in [7, 11) is 1.72. The molecule has 0 aromatic carbocycles. The first kappa shape index (κ1) is 11.9. The predicted molar refractivity (Wildman–Crippen MR) is 56.3 cm³/mol. The molecule has 0 amide bonds. The molecule has 2 atom stereocenters. The van der Waals surface area contributed by atoms with Crippen molar-refractivity contribution in [1.82, 2.24) is 5.32 Å². The molecule has 1 saturated heterocycles. The molecule has 1 aliphatic heterocycles. The van der Waals surface area contributed by atoms with Crippen LogP contribution in [0.1, 0.15) is 19.8 Å². The van der Waals surface area contributed by atoms with E-state index >= 15 is 0 Å². The monoisotopic (exact) mass is 202 g/mol. The first-order valence-corrected chi connectivity index (χ1v) is 5.28. The maximum Gasteiger partial charge on any atom is 0.0667 e. The average Bonchev–Trinajstić information content (AvgIpc) is 2.27. The lowest BCUT2D eigenvalue weighted by Crippen LogP contribution is -2.58. The summed E-state index contributed by atoms with van der Waals surface area (Å²) in [4.78, 5) is 0. The molecule has 1 fully saturated rings. The summed E-state index contributed by atoms with van der Waals surface area (Å²) >= 11 is 0. The number of ether oxygens (including phenoxy) is 2. The maximum absolute atomic E-state index is 5.78. The highest BCUT2D eigenvalue weighted by Crippen LogP contribution is 2.17. The molecule has 2 unspecified atom stereocenters. The van der Waals surface area contributed by atoms with Gasteiger partial charge in [-0.05, 0) is 19.8 Å². The van der Waals surface area contributed by atoms with Crippen LogP contribution in [0.3, 0.4) is 0 Å². The van der Waals surface area contributed by atoms with E-state index in [0.29, 0.717) is 6.54 Å². The van der Waals surface area contributed by atoms with Crippen LogP contribution in [0.2, 0.25) is 0 Å². The van der Waals surface area contributed by atoms with Crippen molar-refractivity contribution < 1.29 is 9.47 Å². The molecule has 0 aromatic heterocycles. The molecule has 0 aromatic rings. The van der Waals surface area contributed by atoms with Crippen LogP contribution in [0.4, 0.5) is 0 Å². The molecule has 1 aliphatic rings. The summed E-state index contributed by atoms with van der Waals surface area (Å²) in [6, 6.07) is 0. The largest absolute Gasteiger partial charge is 0.380 e. The summed E-state index contributed by atoms with van der Waals surface area (Å²) in [6.45, 7) is 5.09. The summed E-state index contributed by atoms with van der Waals surface area (Å²) in [5, 5.41) is 3.46. The van der Waals surface area contributed by atoms with Crippen LogP contribution in [-0.4, -0.2) is 45.1 Å². The van der Waals surface area contributed by atoms with Crippen LogP contribution in [-0.2, 0) is 9.47 Å². The van der Waals surface area contributed by atoms with Gasteiger partial charge in [0.05, 0.1) is 18.2 Å². The van der Waals surface area contributed by atoms with Gasteiger partial charge in [-0.15, -0.1) is 0 Å². The molecular weight excluding hydrogens is 180 g/mol. The Morgan fingerprint density at radius 3 is 2.93 bits per heavy atom. The van der Waals surface area contributed by atoms with Gasteiger partial charge in [-0.2, -0.15) is 0 Å². The topological polar surface area (TPSA) is 56.5 Å². The van der Waals surface area contributed by atoms with Gasteiger partial charge in [-0.3, -0.25) is 0 Å². The van der Waals surface area contributed by atoms with Gasteiger partial charge >= 0.3 is 0 Å². The van der Waals surface area contributed by atoms with Gasteiger partial charge in [-0.1, -0.05) is 0 Å². The smallest absolute Gasteiger partial charge is 0.0667 e. The maximum atomic E-state index is 5.78. The van der Waals surface area contributed by atoms with Gasteiger partial charge in [0, 0.05) is 26.8 Å². The van der Waals surface area contributed by atoms with Crippen molar-refractivity contribution in [2.75, 3.05) is 33.4 Å². The van der Waals surface area contributed by atoms with E-state index in [1.165, 1.54) is 0 Å². The van der Waals surface area contributed by atoms with Gasteiger partial charge in [-0.25, -0.2) is 0 Å². The van der Waals surface area contributed by atoms with Gasteiger partial charge < -0.3 is 20.5 Å². The Bertz CT molecular complexity index is 158. The third-order valence-corrected chi connectivity index (χ3v) is 2.88. The number of hydrogen-bond donors (Lipinski definition) is 2. The summed E-state index contributed by atoms with van der Waals surface area (Å²) in [5.41, 5.74) is 5.76. The lowest BCUT2D eigenvalue weighted by molar-refractivity contribution is 0.0154. The third-order valence-electron chi connectivity index (χ3n) is 2.88. The zero-order valence-corrected chi connectivity index (χ0v) is 9.21. The molecule has 0 aliphatic carbocycles. The minimum atomic E-state index is -0.0228. The SMILES string of the molecule is COC(C)CNC1(CN)CCCOC1. The molecule has 3 N–H and O–H groups in total. The number of rotatable bonds is 5. The molecule has 0 bridgehead atoms. The van der Waals surface area contributed by atoms with E-state index in [1.54, 1.807) is 7.11 Å². The van der Waals surface area contributed by atoms with Crippen molar-refractivity contribution in [1.29, 1.82) is 0 Å². The highest BCUT2D eigenvalue weighted by Gasteiger charge is 2.31. The molecule has 4 nitrogen and oxygen atoms in total. The van der Waals surface area contributed by atoms with Crippen molar-refractivity contribution in [3.8, 4) is 0 Å². The summed E-state index contributed by atoms with van der Waals surface area (Å²) < 4.78 is 10.6. The average molecular weight is 202 g/mol. The zero-order chi connectivity index (χ0) is 10.4. The second-order valence-electron chi connectivity index (χ2n) is 4.07. The molecular formula is C10H22N2O2. The Kier molecular flexibility index (Phi) is 4.81. The zero-order valence-electron chi connectivity index (χ0n) is 9.21. The molecule has 0 radical (unpaired) electrons. The van der Waals surface area contributed by atoms with Crippen LogP contribution in [0.5, 0.6) is 0 Å². The lowest BCUT2D eigenvalue weighted by Gasteiger charge is -2.37. The van der Waals surface area contributed by atoms with Gasteiger partial charge in [0.25, 0.3) is 0 Å². The number of methoxy groups -OCH3 is 1. The predicted octanol–water partition coefficient (Wildman–Crippen LogP) is 0.119. The Hall–Kier alpha value is -0.160. The first-order valence-electron chi connectivity index (χ1n) is 5.28. The van der Waals surface area contributed by atoms with E-state index < -0.39 is 0 Å². The first-order chi connectivity index (χ1) is 6.72. The summed E-state index contributed by atoms with van der Waals surface area (Å²) in [5.74, 6) is 0. The fourth-order valence-electron chi connectivity index (χ4n) is 1.67. The van der Waals surface area contributed by atoms with Crippen molar-refractivity contribution in [3.63, 3.8) is 0 Å². The molecule has 4 heteroatoms. The fourth-order valence-corrected chi connectivity index (χ4v) is 1.67. The second kappa shape index (κ2) is 5.66. The van der Waals surface area contributed by atoms with Crippen LogP contribution in [0, 0.1) is 0 Å². The number of hydrogen-bond acceptors (Lipinski definition) is 4. The Morgan fingerprint density at radius 2 is 2.43 bits per heavy atom. The quantitative estimate of drug-likeness (QED) is 0.665. The molecule has 1 heterocycles. The minimum Gasteiger partial charge on any atom is -0.380 e. The van der Waals surface area contributed by atoms with Crippen LogP contribution >= 0.6 is 0 Å². The molecule has 14 heavy (non-hydrogen) atoms. The van der Waals surface area contributed by atoms with E-state index in [1.807, 2.05) is 6.92 Å². The van der Waals surface area contributed by atoms with Crippen LogP contribution in [0.25, 0.3) is 0 Å². The molecule has 0 spiro atoms. The second-order valence-corrected chi connectivity index (χ2v) is 4.07. The lowest BCUT2D eigenvalue weighted by atomic mass is 9.92. The number of nitrogens with one attached hydrogen (secondary N) is 1. The Balaban J connectivity index is 2.36. The minimum absolute atomic E-state index is 0.0228. The van der Waals surface area contributed by atoms with E-state index in [0.717, 1.165) is 32.6 Å². The van der Waals surface area contributed by atoms with E-state index in [2.05, 4.69) is 5.32 Å². The van der Waals surface area contributed by atoms with Crippen molar-refractivity contribution in [2.45, 2.75) is 31.4 Å². The highest BCUT2D eigenvalue weighted by atomic mass is 16.5. The highest BCUT2D eigenvalue weighted by molar-refractivity contribution is 4.91. The number of nitrogens with two attached hydrogens (primary N) is 1. The summed E-state index contributed by atoms with van der Waals surface area (Å²) in [6.07, 6.45) is 2.41. The fraction of sp³-hybridized carbons (Fsp3) is 1.00. The van der Waals surface area contributed by atoms with Crippen LogP contribution in [0.15, 0.2) is 0 Å². The van der Waals surface area contributed by atoms with Crippen molar-refractivity contribution >= 4 is 0 Å². The molecule has 84 valence electrons. The normalized spacial score (nSPS) is 30.2. The van der Waals surface area contributed by atoms with E-state index in [4.69, 9.17) is 15.2 Å². The Morgan fingerprint density at radius 1 is 1.64 bits per heavy atom. The van der Waals surface area contributed by atoms with Crippen molar-refractivity contribution in [2.24, 2.45) is 5.73 Å². The van der Waals surface area contributed by atoms with Crippen LogP contribution < -0.4 is 11.1 Å². The van der Waals surface area contributed by atoms with E-state index in [9.17, 15) is 0 Å². The molecule has 0 saturated carbocycles. The molecule has 1 rings (SSSR count). The van der Waals surface area contributed by atoms with Gasteiger partial charge in [0.2, 0.25) is 0 Å². The van der Waals surface area contributed by atoms with E-state index in [-0.39, 0.29) is 11.6 Å². The standard InChI is InChI=1S/C10H22N2O2/c1-9(13-2)6-12-10(7-11)4-3-5-14-8-10/h9,12H,3-8,11H2,1-2H3. The van der Waals surface area contributed by atoms with Gasteiger partial charge in [0.1, 0.15) is 0 Å². The third kappa shape index (κ3) is 3.20.